The van der Waals surface area contributed by atoms with Crippen molar-refractivity contribution in [2.75, 3.05) is 12.3 Å². The maximum atomic E-state index is 12.8. The first-order chi connectivity index (χ1) is 7.95. The van der Waals surface area contributed by atoms with E-state index in [1.807, 2.05) is 0 Å². The zero-order valence-electron chi connectivity index (χ0n) is 9.67. The third kappa shape index (κ3) is 3.37. The molecule has 0 unspecified atom stereocenters. The molecule has 0 radical (unpaired) electrons. The molecule has 1 aromatic rings. The molecule has 4 nitrogen and oxygen atoms in total. The maximum Gasteiger partial charge on any atom is 0.310 e. The second-order valence-corrected chi connectivity index (χ2v) is 3.51. The van der Waals surface area contributed by atoms with Gasteiger partial charge in [0, 0.05) is 0 Å². The molecule has 0 aliphatic rings. The van der Waals surface area contributed by atoms with Crippen LogP contribution in [0.2, 0.25) is 0 Å². The summed E-state index contributed by atoms with van der Waals surface area (Å²) < 4.78 is 30.2. The molecule has 0 aromatic carbocycles. The van der Waals surface area contributed by atoms with Crippen molar-refractivity contribution in [1.29, 1.82) is 0 Å². The van der Waals surface area contributed by atoms with E-state index in [2.05, 4.69) is 4.98 Å². The first-order valence-electron chi connectivity index (χ1n) is 5.15. The second-order valence-electron chi connectivity index (χ2n) is 3.51. The molecule has 0 saturated carbocycles. The van der Waals surface area contributed by atoms with Gasteiger partial charge in [-0.1, -0.05) is 0 Å². The summed E-state index contributed by atoms with van der Waals surface area (Å²) in [6, 6.07) is 1.46. The highest BCUT2D eigenvalue weighted by Crippen LogP contribution is 2.25. The predicted octanol–water partition coefficient (Wildman–Crippen LogP) is 2.02. The van der Waals surface area contributed by atoms with Crippen LogP contribution in [0.3, 0.4) is 0 Å². The lowest BCUT2D eigenvalue weighted by Crippen LogP contribution is -2.13. The van der Waals surface area contributed by atoms with Crippen LogP contribution in [0.5, 0.6) is 0 Å². The standard InChI is InChI=1S/C11H14F2N2O2/c1-3-17-9(16)5-7-6(2)4-8(14)15-10(7)11(12)13/h4,11H,3,5H2,1-2H3,(H2,14,15). The average Bonchev–Trinajstić information content (AvgIpc) is 2.21. The third-order valence-electron chi connectivity index (χ3n) is 2.23. The Morgan fingerprint density at radius 3 is 2.76 bits per heavy atom. The Morgan fingerprint density at radius 2 is 2.24 bits per heavy atom. The number of alkyl halides is 2. The Kier molecular flexibility index (Phi) is 4.37. The van der Waals surface area contributed by atoms with Crippen LogP contribution in [0.15, 0.2) is 6.07 Å². The van der Waals surface area contributed by atoms with Gasteiger partial charge < -0.3 is 10.5 Å². The molecular formula is C11H14F2N2O2. The molecule has 0 aliphatic carbocycles. The van der Waals surface area contributed by atoms with Crippen molar-refractivity contribution < 1.29 is 18.3 Å². The zero-order valence-corrected chi connectivity index (χ0v) is 9.67. The summed E-state index contributed by atoms with van der Waals surface area (Å²) in [6.45, 7) is 3.47. The highest BCUT2D eigenvalue weighted by atomic mass is 19.3. The topological polar surface area (TPSA) is 65.2 Å². The summed E-state index contributed by atoms with van der Waals surface area (Å²) in [6.07, 6.45) is -2.98. The van der Waals surface area contributed by atoms with Crippen molar-refractivity contribution in [3.05, 3.63) is 22.9 Å². The normalized spacial score (nSPS) is 10.6. The third-order valence-corrected chi connectivity index (χ3v) is 2.23. The zero-order chi connectivity index (χ0) is 13.0. The fraction of sp³-hybridized carbons (Fsp3) is 0.455. The maximum absolute atomic E-state index is 12.8. The van der Waals surface area contributed by atoms with Gasteiger partial charge in [-0.05, 0) is 31.0 Å². The number of aryl methyl sites for hydroxylation is 1. The van der Waals surface area contributed by atoms with Gasteiger partial charge in [0.1, 0.15) is 11.5 Å². The highest BCUT2D eigenvalue weighted by Gasteiger charge is 2.20. The number of nitrogen functional groups attached to an aromatic ring is 1. The number of esters is 1. The molecule has 0 fully saturated rings. The van der Waals surface area contributed by atoms with Gasteiger partial charge in [0.25, 0.3) is 6.43 Å². The number of anilines is 1. The van der Waals surface area contributed by atoms with E-state index >= 15 is 0 Å². The Hall–Kier alpha value is -1.72. The molecule has 0 amide bonds. The van der Waals surface area contributed by atoms with Crippen molar-refractivity contribution in [1.82, 2.24) is 4.98 Å². The summed E-state index contributed by atoms with van der Waals surface area (Å²) >= 11 is 0. The van der Waals surface area contributed by atoms with Crippen LogP contribution in [-0.4, -0.2) is 17.6 Å². The molecule has 94 valence electrons. The Balaban J connectivity index is 3.08. The van der Waals surface area contributed by atoms with E-state index in [4.69, 9.17) is 10.5 Å². The number of pyridine rings is 1. The highest BCUT2D eigenvalue weighted by molar-refractivity contribution is 5.73. The van der Waals surface area contributed by atoms with Crippen molar-refractivity contribution in [2.24, 2.45) is 0 Å². The summed E-state index contributed by atoms with van der Waals surface area (Å²) in [7, 11) is 0. The number of ether oxygens (including phenoxy) is 1. The molecule has 0 saturated heterocycles. The number of hydrogen-bond acceptors (Lipinski definition) is 4. The van der Waals surface area contributed by atoms with Gasteiger partial charge in [-0.15, -0.1) is 0 Å². The van der Waals surface area contributed by atoms with Crippen LogP contribution in [-0.2, 0) is 16.0 Å². The number of aromatic nitrogens is 1. The van der Waals surface area contributed by atoms with E-state index in [0.717, 1.165) is 0 Å². The number of carbonyl (C=O) groups excluding carboxylic acids is 1. The van der Waals surface area contributed by atoms with E-state index in [1.54, 1.807) is 13.8 Å². The van der Waals surface area contributed by atoms with Crippen LogP contribution >= 0.6 is 0 Å². The minimum atomic E-state index is -2.76. The van der Waals surface area contributed by atoms with Gasteiger partial charge in [-0.2, -0.15) is 0 Å². The van der Waals surface area contributed by atoms with Crippen molar-refractivity contribution in [3.8, 4) is 0 Å². The van der Waals surface area contributed by atoms with Crippen LogP contribution in [0.4, 0.5) is 14.6 Å². The van der Waals surface area contributed by atoms with E-state index in [9.17, 15) is 13.6 Å². The van der Waals surface area contributed by atoms with Crippen molar-refractivity contribution >= 4 is 11.8 Å². The van der Waals surface area contributed by atoms with E-state index in [-0.39, 0.29) is 24.4 Å². The monoisotopic (exact) mass is 244 g/mol. The summed E-state index contributed by atoms with van der Waals surface area (Å²) in [5, 5.41) is 0. The fourth-order valence-electron chi connectivity index (χ4n) is 1.52. The molecule has 1 aromatic heterocycles. The SMILES string of the molecule is CCOC(=O)Cc1c(C)cc(N)nc1C(F)F. The largest absolute Gasteiger partial charge is 0.466 e. The Morgan fingerprint density at radius 1 is 1.59 bits per heavy atom. The lowest BCUT2D eigenvalue weighted by molar-refractivity contribution is -0.142. The van der Waals surface area contributed by atoms with Crippen molar-refractivity contribution in [2.45, 2.75) is 26.7 Å². The molecule has 0 atom stereocenters. The van der Waals surface area contributed by atoms with Crippen LogP contribution in [0, 0.1) is 6.92 Å². The number of hydrogen-bond donors (Lipinski definition) is 1. The van der Waals surface area contributed by atoms with E-state index < -0.39 is 18.1 Å². The van der Waals surface area contributed by atoms with Gasteiger partial charge in [0.15, 0.2) is 0 Å². The Labute approximate surface area is 97.8 Å². The van der Waals surface area contributed by atoms with Gasteiger partial charge >= 0.3 is 5.97 Å². The summed E-state index contributed by atoms with van der Waals surface area (Å²) in [4.78, 5) is 14.9. The number of carbonyl (C=O) groups is 1. The van der Waals surface area contributed by atoms with Crippen LogP contribution < -0.4 is 5.73 Å². The van der Waals surface area contributed by atoms with Crippen LogP contribution in [0.25, 0.3) is 0 Å². The molecule has 0 aliphatic heterocycles. The average molecular weight is 244 g/mol. The van der Waals surface area contributed by atoms with E-state index in [1.165, 1.54) is 6.07 Å². The lowest BCUT2D eigenvalue weighted by Gasteiger charge is -2.11. The molecule has 6 heteroatoms. The van der Waals surface area contributed by atoms with Gasteiger partial charge in [-0.3, -0.25) is 4.79 Å². The predicted molar refractivity (Wildman–Crippen MR) is 58.7 cm³/mol. The molecule has 1 heterocycles. The number of nitrogens with zero attached hydrogens (tertiary/aromatic N) is 1. The second kappa shape index (κ2) is 5.56. The quantitative estimate of drug-likeness (QED) is 0.823. The summed E-state index contributed by atoms with van der Waals surface area (Å²) in [5.41, 5.74) is 5.65. The molecule has 0 bridgehead atoms. The minimum absolute atomic E-state index is 0.0189. The van der Waals surface area contributed by atoms with Crippen LogP contribution in [0.1, 0.15) is 30.2 Å². The lowest BCUT2D eigenvalue weighted by atomic mass is 10.0. The first kappa shape index (κ1) is 13.3. The van der Waals surface area contributed by atoms with Gasteiger partial charge in [-0.25, -0.2) is 13.8 Å². The number of nitrogens with two attached hydrogens (primary N) is 1. The molecule has 1 rings (SSSR count). The number of halogens is 2. The molecule has 2 N–H and O–H groups in total. The minimum Gasteiger partial charge on any atom is -0.466 e. The molecule has 17 heavy (non-hydrogen) atoms. The molecular weight excluding hydrogens is 230 g/mol. The fourth-order valence-corrected chi connectivity index (χ4v) is 1.52. The summed E-state index contributed by atoms with van der Waals surface area (Å²) in [5.74, 6) is -0.533. The smallest absolute Gasteiger partial charge is 0.310 e. The van der Waals surface area contributed by atoms with Gasteiger partial charge in [0.2, 0.25) is 0 Å². The Bertz CT molecular complexity index is 422. The molecule has 0 spiro atoms. The van der Waals surface area contributed by atoms with Crippen molar-refractivity contribution in [3.63, 3.8) is 0 Å². The van der Waals surface area contributed by atoms with Gasteiger partial charge in [0.05, 0.1) is 13.0 Å². The van der Waals surface area contributed by atoms with E-state index in [0.29, 0.717) is 5.56 Å². The first-order valence-corrected chi connectivity index (χ1v) is 5.15. The number of rotatable bonds is 4.